The summed E-state index contributed by atoms with van der Waals surface area (Å²) in [6.45, 7) is 1.98. The fourth-order valence-electron chi connectivity index (χ4n) is 5.52. The second-order valence-corrected chi connectivity index (χ2v) is 9.96. The average Bonchev–Trinajstić information content (AvgIpc) is 3.56. The number of nitrogens with one attached hydrogen (secondary N) is 2. The molecule has 0 spiro atoms. The van der Waals surface area contributed by atoms with Crippen molar-refractivity contribution in [3.05, 3.63) is 102 Å². The van der Waals surface area contributed by atoms with Crippen molar-refractivity contribution in [2.45, 2.75) is 18.9 Å². The maximum absolute atomic E-state index is 13.9. The van der Waals surface area contributed by atoms with Gasteiger partial charge in [0.15, 0.2) is 5.78 Å². The molecule has 3 heterocycles. The molecule has 0 saturated carbocycles. The van der Waals surface area contributed by atoms with Crippen LogP contribution in [0.15, 0.2) is 85.2 Å². The van der Waals surface area contributed by atoms with E-state index in [0.717, 1.165) is 32.9 Å². The molecule has 0 radical (unpaired) electrons. The summed E-state index contributed by atoms with van der Waals surface area (Å²) in [5.74, 6) is 0.292. The minimum atomic E-state index is -0.433. The Hall–Kier alpha value is -4.36. The lowest BCUT2D eigenvalue weighted by atomic mass is 9.99. The van der Waals surface area contributed by atoms with Crippen molar-refractivity contribution in [1.82, 2.24) is 19.8 Å². The molecule has 0 aliphatic carbocycles. The van der Waals surface area contributed by atoms with Crippen molar-refractivity contribution >= 4 is 33.5 Å². The van der Waals surface area contributed by atoms with E-state index in [9.17, 15) is 14.7 Å². The van der Waals surface area contributed by atoms with Gasteiger partial charge in [-0.05, 0) is 48.2 Å². The van der Waals surface area contributed by atoms with Crippen LogP contribution in [-0.2, 0) is 17.6 Å². The largest absolute Gasteiger partial charge is 0.508 e. The number of carbonyl (C=O) groups is 2. The lowest BCUT2D eigenvalue weighted by molar-refractivity contribution is -0.141. The third-order valence-electron chi connectivity index (χ3n) is 7.63. The van der Waals surface area contributed by atoms with Gasteiger partial charge in [-0.3, -0.25) is 14.5 Å². The number of aromatic amines is 2. The Bertz CT molecular complexity index is 1600. The zero-order valence-electron chi connectivity index (χ0n) is 21.1. The smallest absolute Gasteiger partial charge is 0.240 e. The van der Waals surface area contributed by atoms with E-state index in [1.165, 1.54) is 0 Å². The van der Waals surface area contributed by atoms with Crippen molar-refractivity contribution in [3.8, 4) is 5.75 Å². The van der Waals surface area contributed by atoms with Crippen LogP contribution in [-0.4, -0.2) is 68.8 Å². The number of phenolic OH excluding ortho intramolecular Hbond substituents is 1. The summed E-state index contributed by atoms with van der Waals surface area (Å²) in [6, 6.07) is 22.6. The molecule has 1 amide bonds. The summed E-state index contributed by atoms with van der Waals surface area (Å²) in [4.78, 5) is 37.8. The third-order valence-corrected chi connectivity index (χ3v) is 7.63. The fraction of sp³-hybridized carbons (Fsp3) is 0.226. The monoisotopic (exact) mass is 506 g/mol. The first-order valence-corrected chi connectivity index (χ1v) is 13.0. The average molecular weight is 507 g/mol. The summed E-state index contributed by atoms with van der Waals surface area (Å²) < 4.78 is 0. The Labute approximate surface area is 220 Å². The standard InChI is InChI=1S/C31H30N4O3/c36-23-11-9-21(10-12-23)13-14-34-15-16-35(20-30(37)26-19-33-28-8-4-2-6-25(26)28)29(31(34)38)17-22-18-32-27-7-3-1-5-24(22)27/h1-12,18-19,29,32-33,36H,13-17,20H2/t29-/m0/s1. The van der Waals surface area contributed by atoms with Gasteiger partial charge in [0.2, 0.25) is 5.91 Å². The van der Waals surface area contributed by atoms with Crippen molar-refractivity contribution in [1.29, 1.82) is 0 Å². The molecule has 3 aromatic carbocycles. The SMILES string of the molecule is O=C(CN1CCN(CCc2ccc(O)cc2)C(=O)[C@@H]1Cc1c[nH]c2ccccc12)c1c[nH]c2ccccc12. The molecule has 3 N–H and O–H groups in total. The molecule has 7 nitrogen and oxygen atoms in total. The molecule has 2 aromatic heterocycles. The Morgan fingerprint density at radius 1 is 0.868 bits per heavy atom. The van der Waals surface area contributed by atoms with Crippen LogP contribution in [0.25, 0.3) is 21.8 Å². The number of para-hydroxylation sites is 2. The molecule has 0 bridgehead atoms. The predicted molar refractivity (Wildman–Crippen MR) is 148 cm³/mol. The molecular weight excluding hydrogens is 476 g/mol. The third kappa shape index (κ3) is 4.68. The Kier molecular flexibility index (Phi) is 6.43. The number of hydrogen-bond donors (Lipinski definition) is 3. The molecular formula is C31H30N4O3. The molecule has 6 rings (SSSR count). The number of H-pyrrole nitrogens is 2. The normalized spacial score (nSPS) is 16.5. The molecule has 38 heavy (non-hydrogen) atoms. The van der Waals surface area contributed by atoms with Gasteiger partial charge in [-0.25, -0.2) is 0 Å². The van der Waals surface area contributed by atoms with Gasteiger partial charge in [0.05, 0.1) is 12.6 Å². The van der Waals surface area contributed by atoms with E-state index in [2.05, 4.69) is 16.0 Å². The number of aromatic nitrogens is 2. The molecule has 5 aromatic rings. The number of fused-ring (bicyclic) bond motifs is 2. The van der Waals surface area contributed by atoms with Crippen LogP contribution in [0.3, 0.4) is 0 Å². The number of nitrogens with zero attached hydrogens (tertiary/aromatic N) is 2. The lowest BCUT2D eigenvalue weighted by Gasteiger charge is -2.40. The molecule has 192 valence electrons. The maximum Gasteiger partial charge on any atom is 0.240 e. The first kappa shape index (κ1) is 24.0. The number of aromatic hydroxyl groups is 1. The highest BCUT2D eigenvalue weighted by Crippen LogP contribution is 2.25. The van der Waals surface area contributed by atoms with Crippen molar-refractivity contribution in [3.63, 3.8) is 0 Å². The number of hydrogen-bond acceptors (Lipinski definition) is 4. The molecule has 1 aliphatic rings. The Morgan fingerprint density at radius 3 is 2.34 bits per heavy atom. The topological polar surface area (TPSA) is 92.4 Å². The minimum Gasteiger partial charge on any atom is -0.508 e. The number of benzene rings is 3. The molecule has 1 fully saturated rings. The Morgan fingerprint density at radius 2 is 1.55 bits per heavy atom. The summed E-state index contributed by atoms with van der Waals surface area (Å²) in [5.41, 5.74) is 4.77. The lowest BCUT2D eigenvalue weighted by Crippen LogP contribution is -2.59. The van der Waals surface area contributed by atoms with E-state index >= 15 is 0 Å². The van der Waals surface area contributed by atoms with Gasteiger partial charge >= 0.3 is 0 Å². The molecule has 1 aliphatic heterocycles. The predicted octanol–water partition coefficient (Wildman–Crippen LogP) is 4.54. The van der Waals surface area contributed by atoms with E-state index < -0.39 is 6.04 Å². The van der Waals surface area contributed by atoms with Crippen molar-refractivity contribution < 1.29 is 14.7 Å². The van der Waals surface area contributed by atoms with Gasteiger partial charge < -0.3 is 20.0 Å². The number of carbonyl (C=O) groups excluding carboxylic acids is 2. The number of Topliss-reactive ketones (excluding diaryl/α,β-unsaturated/α-hetero) is 1. The highest BCUT2D eigenvalue weighted by atomic mass is 16.3. The molecule has 7 heteroatoms. The van der Waals surface area contributed by atoms with Crippen LogP contribution in [0.2, 0.25) is 0 Å². The molecule has 1 atom stereocenters. The highest BCUT2D eigenvalue weighted by molar-refractivity contribution is 6.09. The van der Waals surface area contributed by atoms with Crippen LogP contribution in [0.1, 0.15) is 21.5 Å². The first-order valence-electron chi connectivity index (χ1n) is 13.0. The minimum absolute atomic E-state index is 0.0109. The number of piperazine rings is 1. The van der Waals surface area contributed by atoms with Crippen LogP contribution in [0.5, 0.6) is 5.75 Å². The summed E-state index contributed by atoms with van der Waals surface area (Å²) in [7, 11) is 0. The van der Waals surface area contributed by atoms with Gasteiger partial charge in [-0.1, -0.05) is 48.5 Å². The summed E-state index contributed by atoms with van der Waals surface area (Å²) >= 11 is 0. The van der Waals surface area contributed by atoms with E-state index in [4.69, 9.17) is 0 Å². The highest BCUT2D eigenvalue weighted by Gasteiger charge is 2.36. The van der Waals surface area contributed by atoms with Gasteiger partial charge in [0.25, 0.3) is 0 Å². The first-order chi connectivity index (χ1) is 18.6. The van der Waals surface area contributed by atoms with Crippen molar-refractivity contribution in [2.75, 3.05) is 26.2 Å². The van der Waals surface area contributed by atoms with Crippen LogP contribution in [0.4, 0.5) is 0 Å². The number of ketones is 1. The van der Waals surface area contributed by atoms with Crippen LogP contribution in [0, 0.1) is 0 Å². The van der Waals surface area contributed by atoms with E-state index in [1.807, 2.05) is 70.6 Å². The maximum atomic E-state index is 13.9. The van der Waals surface area contributed by atoms with Crippen molar-refractivity contribution in [2.24, 2.45) is 0 Å². The molecule has 0 unspecified atom stereocenters. The van der Waals surface area contributed by atoms with E-state index in [-0.39, 0.29) is 24.0 Å². The van der Waals surface area contributed by atoms with Crippen LogP contribution >= 0.6 is 0 Å². The van der Waals surface area contributed by atoms with Crippen LogP contribution < -0.4 is 0 Å². The summed E-state index contributed by atoms with van der Waals surface area (Å²) in [6.07, 6.45) is 4.99. The summed E-state index contributed by atoms with van der Waals surface area (Å²) in [5, 5.41) is 11.6. The molecule has 1 saturated heterocycles. The van der Waals surface area contributed by atoms with Gasteiger partial charge in [-0.15, -0.1) is 0 Å². The van der Waals surface area contributed by atoms with E-state index in [0.29, 0.717) is 38.0 Å². The Balaban J connectivity index is 1.24. The fourth-order valence-corrected chi connectivity index (χ4v) is 5.52. The number of phenols is 1. The number of amides is 1. The van der Waals surface area contributed by atoms with E-state index in [1.54, 1.807) is 18.3 Å². The second-order valence-electron chi connectivity index (χ2n) is 9.96. The zero-order valence-corrected chi connectivity index (χ0v) is 21.1. The second kappa shape index (κ2) is 10.2. The van der Waals surface area contributed by atoms with Gasteiger partial charge in [0.1, 0.15) is 5.75 Å². The number of rotatable bonds is 8. The van der Waals surface area contributed by atoms with Gasteiger partial charge in [0, 0.05) is 59.4 Å². The zero-order chi connectivity index (χ0) is 26.1. The van der Waals surface area contributed by atoms with Gasteiger partial charge in [-0.2, -0.15) is 0 Å². The quantitative estimate of drug-likeness (QED) is 0.270.